The maximum Gasteiger partial charge on any atom is 0.255 e. The van der Waals surface area contributed by atoms with Gasteiger partial charge in [-0.05, 0) is 31.5 Å². The minimum absolute atomic E-state index is 0.0833. The normalized spacial score (nSPS) is 21.6. The van der Waals surface area contributed by atoms with Crippen LogP contribution in [0.4, 0.5) is 36.4 Å². The van der Waals surface area contributed by atoms with Crippen LogP contribution in [-0.2, 0) is 4.74 Å². The van der Waals surface area contributed by atoms with Gasteiger partial charge in [-0.1, -0.05) is 0 Å². The zero-order valence-electron chi connectivity index (χ0n) is 20.5. The van der Waals surface area contributed by atoms with Crippen LogP contribution >= 0.6 is 0 Å². The number of alkyl halides is 3. The summed E-state index contributed by atoms with van der Waals surface area (Å²) in [6.45, 7) is 3.80. The number of ether oxygens (including phenoxy) is 1. The van der Waals surface area contributed by atoms with Crippen molar-refractivity contribution >= 4 is 28.8 Å². The van der Waals surface area contributed by atoms with Gasteiger partial charge in [0.2, 0.25) is 5.95 Å². The minimum Gasteiger partial charge on any atom is -0.377 e. The molecule has 0 radical (unpaired) electrons. The highest BCUT2D eigenvalue weighted by Crippen LogP contribution is 2.34. The summed E-state index contributed by atoms with van der Waals surface area (Å²) in [5.74, 6) is 0.858. The monoisotopic (exact) mass is 518 g/mol. The molecule has 0 saturated carbocycles. The molecular formula is C23H29F3N10O. The second kappa shape index (κ2) is 10.1. The number of hydrogen-bond acceptors (Lipinski definition) is 10. The van der Waals surface area contributed by atoms with Crippen LogP contribution in [0.5, 0.6) is 0 Å². The van der Waals surface area contributed by atoms with Gasteiger partial charge in [-0.3, -0.25) is 4.90 Å². The molecule has 0 bridgehead atoms. The first-order chi connectivity index (χ1) is 17.8. The van der Waals surface area contributed by atoms with E-state index in [0.29, 0.717) is 48.8 Å². The molecule has 5 heterocycles. The lowest BCUT2D eigenvalue weighted by Crippen LogP contribution is -2.64. The van der Waals surface area contributed by atoms with Gasteiger partial charge in [0.05, 0.1) is 37.0 Å². The lowest BCUT2D eigenvalue weighted by molar-refractivity contribution is -0.142. The Morgan fingerprint density at radius 1 is 1.24 bits per heavy atom. The van der Waals surface area contributed by atoms with E-state index in [4.69, 9.17) is 10.3 Å². The van der Waals surface area contributed by atoms with Crippen molar-refractivity contribution in [2.24, 2.45) is 5.11 Å². The highest BCUT2D eigenvalue weighted by molar-refractivity contribution is 5.88. The topological polar surface area (TPSA) is 128 Å². The number of pyridine rings is 1. The molecule has 37 heavy (non-hydrogen) atoms. The van der Waals surface area contributed by atoms with Gasteiger partial charge < -0.3 is 20.7 Å². The van der Waals surface area contributed by atoms with E-state index in [-0.39, 0.29) is 23.0 Å². The molecule has 0 unspecified atom stereocenters. The molecule has 2 aliphatic heterocycles. The van der Waals surface area contributed by atoms with Crippen LogP contribution in [0, 0.1) is 5.53 Å². The molecular weight excluding hydrogens is 489 g/mol. The molecule has 198 valence electrons. The van der Waals surface area contributed by atoms with Gasteiger partial charge in [0.15, 0.2) is 11.6 Å². The maximum absolute atomic E-state index is 15.1. The fourth-order valence-corrected chi connectivity index (χ4v) is 4.77. The van der Waals surface area contributed by atoms with Gasteiger partial charge in [-0.25, -0.2) is 28.2 Å². The summed E-state index contributed by atoms with van der Waals surface area (Å²) < 4.78 is 47.5. The van der Waals surface area contributed by atoms with E-state index in [9.17, 15) is 8.78 Å². The van der Waals surface area contributed by atoms with E-state index in [1.807, 2.05) is 0 Å². The standard InChI is InChI=1S/C23H29F3N10O/c1-23(11-37-12-23)35-7-6-16(14(24)10-35)31-22-32-21(28-2)19-13(5-8-36(19)34-22)15-3-4-17(33-27)20(30-15)29-9-18(25)26/h3-5,8,14,16,18,27H,6-7,9-12H2,1-2H3,(H,29,30)(H2,28,31,32,34)/t14-,16+/m1/s1. The van der Waals surface area contributed by atoms with Crippen molar-refractivity contribution in [1.82, 2.24) is 24.5 Å². The Labute approximate surface area is 211 Å². The summed E-state index contributed by atoms with van der Waals surface area (Å²) in [5, 5.41) is 16.6. The summed E-state index contributed by atoms with van der Waals surface area (Å²) in [5.41, 5.74) is 9.08. The lowest BCUT2D eigenvalue weighted by atomic mass is 9.92. The summed E-state index contributed by atoms with van der Waals surface area (Å²) in [4.78, 5) is 11.1. The number of nitrogens with zero attached hydrogens (tertiary/aromatic N) is 6. The minimum atomic E-state index is -2.58. The molecule has 2 atom stereocenters. The molecule has 5 rings (SSSR count). The van der Waals surface area contributed by atoms with Crippen LogP contribution in [0.1, 0.15) is 13.3 Å². The van der Waals surface area contributed by atoms with Crippen molar-refractivity contribution < 1.29 is 17.9 Å². The highest BCUT2D eigenvalue weighted by Gasteiger charge is 2.43. The first kappa shape index (κ1) is 25.1. The molecule has 4 N–H and O–H groups in total. The number of hydrogen-bond donors (Lipinski definition) is 4. The molecule has 0 amide bonds. The molecule has 3 aromatic heterocycles. The Hall–Kier alpha value is -3.52. The Balaban J connectivity index is 1.39. The fraction of sp³-hybridized carbons (Fsp3) is 0.522. The number of nitrogens with one attached hydrogen (secondary N) is 4. The number of halogens is 3. The van der Waals surface area contributed by atoms with E-state index >= 15 is 4.39 Å². The predicted octanol–water partition coefficient (Wildman–Crippen LogP) is 3.79. The van der Waals surface area contributed by atoms with Crippen LogP contribution < -0.4 is 16.0 Å². The smallest absolute Gasteiger partial charge is 0.255 e. The van der Waals surface area contributed by atoms with Gasteiger partial charge in [0, 0.05) is 31.9 Å². The van der Waals surface area contributed by atoms with E-state index in [1.165, 1.54) is 6.07 Å². The largest absolute Gasteiger partial charge is 0.377 e. The number of likely N-dealkylation sites (tertiary alicyclic amines) is 1. The van der Waals surface area contributed by atoms with Crippen molar-refractivity contribution in [3.05, 3.63) is 24.4 Å². The Bertz CT molecular complexity index is 1280. The van der Waals surface area contributed by atoms with Crippen LogP contribution in [0.25, 0.3) is 16.8 Å². The summed E-state index contributed by atoms with van der Waals surface area (Å²) in [6.07, 6.45) is -1.34. The van der Waals surface area contributed by atoms with E-state index in [2.05, 4.69) is 48.0 Å². The SMILES string of the molecule is CNc1nc(N[C@H]2CCN(C3(C)COC3)C[C@H]2F)nn2ccc(-c3ccc(N=N)c(NCC(F)F)n3)c12. The van der Waals surface area contributed by atoms with Gasteiger partial charge in [0.1, 0.15) is 17.4 Å². The molecule has 0 aromatic carbocycles. The zero-order chi connectivity index (χ0) is 26.2. The van der Waals surface area contributed by atoms with Crippen molar-refractivity contribution in [2.75, 3.05) is 55.8 Å². The Kier molecular flexibility index (Phi) is 6.86. The quantitative estimate of drug-likeness (QED) is 0.315. The Morgan fingerprint density at radius 2 is 2.05 bits per heavy atom. The highest BCUT2D eigenvalue weighted by atomic mass is 19.3. The van der Waals surface area contributed by atoms with Crippen molar-refractivity contribution in [3.8, 4) is 11.3 Å². The van der Waals surface area contributed by atoms with Crippen molar-refractivity contribution in [1.29, 1.82) is 5.53 Å². The molecule has 2 fully saturated rings. The lowest BCUT2D eigenvalue weighted by Gasteiger charge is -2.50. The second-order valence-corrected chi connectivity index (χ2v) is 9.50. The van der Waals surface area contributed by atoms with Crippen LogP contribution in [-0.4, -0.2) is 88.6 Å². The first-order valence-corrected chi connectivity index (χ1v) is 12.0. The van der Waals surface area contributed by atoms with Crippen LogP contribution in [0.3, 0.4) is 0 Å². The third-order valence-electron chi connectivity index (χ3n) is 6.89. The fourth-order valence-electron chi connectivity index (χ4n) is 4.77. The molecule has 0 aliphatic carbocycles. The Morgan fingerprint density at radius 3 is 2.70 bits per heavy atom. The first-order valence-electron chi connectivity index (χ1n) is 12.0. The van der Waals surface area contributed by atoms with E-state index in [1.54, 1.807) is 29.9 Å². The van der Waals surface area contributed by atoms with Gasteiger partial charge in [-0.15, -0.1) is 5.10 Å². The molecule has 11 nitrogen and oxygen atoms in total. The third kappa shape index (κ3) is 4.90. The average molecular weight is 519 g/mol. The molecule has 2 aliphatic rings. The number of piperidine rings is 1. The average Bonchev–Trinajstić information content (AvgIpc) is 3.30. The van der Waals surface area contributed by atoms with Crippen molar-refractivity contribution in [2.45, 2.75) is 37.5 Å². The van der Waals surface area contributed by atoms with Crippen molar-refractivity contribution in [3.63, 3.8) is 0 Å². The number of fused-ring (bicyclic) bond motifs is 1. The second-order valence-electron chi connectivity index (χ2n) is 9.50. The molecule has 3 aromatic rings. The van der Waals surface area contributed by atoms with Crippen LogP contribution in [0.2, 0.25) is 0 Å². The van der Waals surface area contributed by atoms with Gasteiger partial charge >= 0.3 is 0 Å². The van der Waals surface area contributed by atoms with E-state index in [0.717, 1.165) is 6.54 Å². The maximum atomic E-state index is 15.1. The number of rotatable bonds is 9. The molecule has 2 saturated heterocycles. The molecule has 14 heteroatoms. The number of aromatic nitrogens is 4. The zero-order valence-corrected chi connectivity index (χ0v) is 20.5. The summed E-state index contributed by atoms with van der Waals surface area (Å²) in [7, 11) is 1.71. The van der Waals surface area contributed by atoms with E-state index < -0.39 is 25.2 Å². The van der Waals surface area contributed by atoms with Crippen LogP contribution in [0.15, 0.2) is 29.5 Å². The number of anilines is 3. The molecule has 0 spiro atoms. The summed E-state index contributed by atoms with van der Waals surface area (Å²) >= 11 is 0. The third-order valence-corrected chi connectivity index (χ3v) is 6.89. The summed E-state index contributed by atoms with van der Waals surface area (Å²) in [6, 6.07) is 4.54. The van der Waals surface area contributed by atoms with Gasteiger partial charge in [-0.2, -0.15) is 10.1 Å². The predicted molar refractivity (Wildman–Crippen MR) is 133 cm³/mol. The van der Waals surface area contributed by atoms with Gasteiger partial charge in [0.25, 0.3) is 6.43 Å².